The van der Waals surface area contributed by atoms with Crippen molar-refractivity contribution in [3.8, 4) is 0 Å². The van der Waals surface area contributed by atoms with E-state index in [1.165, 1.54) is 0 Å². The van der Waals surface area contributed by atoms with Crippen LogP contribution in [0.5, 0.6) is 0 Å². The van der Waals surface area contributed by atoms with Gasteiger partial charge in [-0.15, -0.1) is 0 Å². The molecule has 2 rings (SSSR count). The van der Waals surface area contributed by atoms with Gasteiger partial charge in [0.05, 0.1) is 13.0 Å². The molecule has 25 heavy (non-hydrogen) atoms. The average molecular weight is 367 g/mol. The first kappa shape index (κ1) is 18.9. The number of benzene rings is 1. The molecule has 0 atom stereocenters. The summed E-state index contributed by atoms with van der Waals surface area (Å²) in [5.74, 6) is 0.107. The van der Waals surface area contributed by atoms with Crippen LogP contribution in [0.1, 0.15) is 17.0 Å². The third kappa shape index (κ3) is 5.04. The van der Waals surface area contributed by atoms with Crippen LogP contribution in [0.25, 0.3) is 0 Å². The van der Waals surface area contributed by atoms with Crippen molar-refractivity contribution >= 4 is 21.6 Å². The molecule has 1 heterocycles. The third-order valence-electron chi connectivity index (χ3n) is 3.44. The van der Waals surface area contributed by atoms with Crippen LogP contribution in [0.4, 0.5) is 5.69 Å². The van der Waals surface area contributed by atoms with Crippen molar-refractivity contribution in [1.82, 2.24) is 10.5 Å². The van der Waals surface area contributed by atoms with E-state index >= 15 is 0 Å². The number of aromatic nitrogens is 1. The number of aryl methyl sites for hydroxylation is 2. The standard InChI is InChI=1S/C16H21N3O5S/c1-11-16(12(2)24-18-11)25(21,22)19-14-6-4-13(5-7-14)10-15(20)17-8-9-23-3/h4-7,19H,8-10H2,1-3H3,(H,17,20). The molecule has 9 heteroatoms. The number of carbonyl (C=O) groups excluding carboxylic acids is 1. The number of hydrogen-bond donors (Lipinski definition) is 2. The van der Waals surface area contributed by atoms with Crippen molar-refractivity contribution in [2.24, 2.45) is 0 Å². The average Bonchev–Trinajstić information content (AvgIpc) is 2.89. The number of amides is 1. The Morgan fingerprint density at radius 3 is 2.48 bits per heavy atom. The molecule has 0 saturated carbocycles. The van der Waals surface area contributed by atoms with E-state index in [0.717, 1.165) is 5.56 Å². The summed E-state index contributed by atoms with van der Waals surface area (Å²) < 4.78 is 37.1. The predicted molar refractivity (Wildman–Crippen MR) is 91.8 cm³/mol. The lowest BCUT2D eigenvalue weighted by Crippen LogP contribution is -2.28. The van der Waals surface area contributed by atoms with Gasteiger partial charge in [-0.1, -0.05) is 17.3 Å². The molecule has 0 radical (unpaired) electrons. The van der Waals surface area contributed by atoms with Gasteiger partial charge in [-0.25, -0.2) is 8.42 Å². The van der Waals surface area contributed by atoms with E-state index in [2.05, 4.69) is 15.2 Å². The van der Waals surface area contributed by atoms with Gasteiger partial charge < -0.3 is 14.6 Å². The smallest absolute Gasteiger partial charge is 0.267 e. The Balaban J connectivity index is 2.02. The summed E-state index contributed by atoms with van der Waals surface area (Å²) in [6.45, 7) is 4.01. The highest BCUT2D eigenvalue weighted by molar-refractivity contribution is 7.92. The molecular formula is C16H21N3O5S. The van der Waals surface area contributed by atoms with Gasteiger partial charge in [0.1, 0.15) is 5.69 Å². The van der Waals surface area contributed by atoms with Gasteiger partial charge in [-0.2, -0.15) is 0 Å². The van der Waals surface area contributed by atoms with Crippen LogP contribution in [0.3, 0.4) is 0 Å². The normalized spacial score (nSPS) is 11.3. The van der Waals surface area contributed by atoms with Gasteiger partial charge in [0.2, 0.25) is 5.91 Å². The van der Waals surface area contributed by atoms with Crippen molar-refractivity contribution in [2.75, 3.05) is 25.0 Å². The van der Waals surface area contributed by atoms with E-state index in [1.807, 2.05) is 0 Å². The molecule has 0 saturated heterocycles. The molecule has 0 aliphatic rings. The summed E-state index contributed by atoms with van der Waals surface area (Å²) in [5, 5.41) is 6.38. The van der Waals surface area contributed by atoms with Gasteiger partial charge in [0, 0.05) is 19.3 Å². The van der Waals surface area contributed by atoms with Crippen LogP contribution in [-0.2, 0) is 26.0 Å². The molecule has 1 amide bonds. The van der Waals surface area contributed by atoms with Crippen molar-refractivity contribution in [3.63, 3.8) is 0 Å². The molecular weight excluding hydrogens is 346 g/mol. The molecule has 2 aromatic rings. The lowest BCUT2D eigenvalue weighted by atomic mass is 10.1. The second-order valence-electron chi connectivity index (χ2n) is 5.48. The number of ether oxygens (including phenoxy) is 1. The largest absolute Gasteiger partial charge is 0.383 e. The van der Waals surface area contributed by atoms with Crippen molar-refractivity contribution in [2.45, 2.75) is 25.2 Å². The summed E-state index contributed by atoms with van der Waals surface area (Å²) in [4.78, 5) is 11.8. The maximum Gasteiger partial charge on any atom is 0.267 e. The van der Waals surface area contributed by atoms with E-state index in [-0.39, 0.29) is 23.0 Å². The molecule has 1 aromatic heterocycles. The number of hydrogen-bond acceptors (Lipinski definition) is 6. The number of nitrogens with one attached hydrogen (secondary N) is 2. The topological polar surface area (TPSA) is 111 Å². The fourth-order valence-electron chi connectivity index (χ4n) is 2.30. The van der Waals surface area contributed by atoms with Gasteiger partial charge in [-0.05, 0) is 31.5 Å². The molecule has 136 valence electrons. The van der Waals surface area contributed by atoms with Gasteiger partial charge in [0.25, 0.3) is 10.0 Å². The van der Waals surface area contributed by atoms with E-state index in [1.54, 1.807) is 45.2 Å². The first-order chi connectivity index (χ1) is 11.8. The number of sulfonamides is 1. The minimum absolute atomic E-state index is 0.0362. The van der Waals surface area contributed by atoms with Crippen LogP contribution in [0.15, 0.2) is 33.7 Å². The van der Waals surface area contributed by atoms with Gasteiger partial charge in [-0.3, -0.25) is 9.52 Å². The molecule has 0 aliphatic heterocycles. The highest BCUT2D eigenvalue weighted by Crippen LogP contribution is 2.22. The zero-order chi connectivity index (χ0) is 18.4. The quantitative estimate of drug-likeness (QED) is 0.682. The van der Waals surface area contributed by atoms with E-state index in [0.29, 0.717) is 24.5 Å². The number of nitrogens with zero attached hydrogens (tertiary/aromatic N) is 1. The number of methoxy groups -OCH3 is 1. The zero-order valence-corrected chi connectivity index (χ0v) is 15.1. The Bertz CT molecular complexity index is 808. The number of anilines is 1. The molecule has 2 N–H and O–H groups in total. The highest BCUT2D eigenvalue weighted by atomic mass is 32.2. The number of rotatable bonds is 8. The highest BCUT2D eigenvalue weighted by Gasteiger charge is 2.24. The molecule has 1 aromatic carbocycles. The van der Waals surface area contributed by atoms with Crippen molar-refractivity contribution in [3.05, 3.63) is 41.3 Å². The maximum absolute atomic E-state index is 12.4. The van der Waals surface area contributed by atoms with Crippen LogP contribution < -0.4 is 10.0 Å². The van der Waals surface area contributed by atoms with E-state index < -0.39 is 10.0 Å². The predicted octanol–water partition coefficient (Wildman–Crippen LogP) is 1.40. The van der Waals surface area contributed by atoms with Crippen LogP contribution >= 0.6 is 0 Å². The Morgan fingerprint density at radius 1 is 1.24 bits per heavy atom. The van der Waals surface area contributed by atoms with E-state index in [4.69, 9.17) is 9.26 Å². The summed E-state index contributed by atoms with van der Waals surface area (Å²) in [6.07, 6.45) is 0.209. The summed E-state index contributed by atoms with van der Waals surface area (Å²) in [6, 6.07) is 6.60. The Kier molecular flexibility index (Phi) is 6.16. The second kappa shape index (κ2) is 8.13. The van der Waals surface area contributed by atoms with Crippen LogP contribution in [0.2, 0.25) is 0 Å². The summed E-state index contributed by atoms with van der Waals surface area (Å²) >= 11 is 0. The fourth-order valence-corrected chi connectivity index (χ4v) is 3.69. The SMILES string of the molecule is COCCNC(=O)Cc1ccc(NS(=O)(=O)c2c(C)noc2C)cc1. The maximum atomic E-state index is 12.4. The fraction of sp³-hybridized carbons (Fsp3) is 0.375. The summed E-state index contributed by atoms with van der Waals surface area (Å²) in [5.41, 5.74) is 1.47. The first-order valence-corrected chi connectivity index (χ1v) is 9.12. The lowest BCUT2D eigenvalue weighted by molar-refractivity contribution is -0.120. The Labute approximate surface area is 146 Å². The first-order valence-electron chi connectivity index (χ1n) is 7.63. The molecule has 0 aliphatic carbocycles. The minimum Gasteiger partial charge on any atom is -0.383 e. The lowest BCUT2D eigenvalue weighted by Gasteiger charge is -2.09. The monoisotopic (exact) mass is 367 g/mol. The minimum atomic E-state index is -3.78. The Hall–Kier alpha value is -2.39. The Morgan fingerprint density at radius 2 is 1.92 bits per heavy atom. The molecule has 0 unspecified atom stereocenters. The van der Waals surface area contributed by atoms with Crippen LogP contribution in [0, 0.1) is 13.8 Å². The van der Waals surface area contributed by atoms with Crippen LogP contribution in [-0.4, -0.2) is 39.7 Å². The van der Waals surface area contributed by atoms with Crippen molar-refractivity contribution in [1.29, 1.82) is 0 Å². The molecule has 0 fully saturated rings. The molecule has 8 nitrogen and oxygen atoms in total. The molecule has 0 bridgehead atoms. The summed E-state index contributed by atoms with van der Waals surface area (Å²) in [7, 11) is -2.22. The van der Waals surface area contributed by atoms with Gasteiger partial charge in [0.15, 0.2) is 10.7 Å². The third-order valence-corrected chi connectivity index (χ3v) is 5.06. The molecule has 0 spiro atoms. The number of carbonyl (C=O) groups is 1. The second-order valence-corrected chi connectivity index (χ2v) is 7.09. The van der Waals surface area contributed by atoms with E-state index in [9.17, 15) is 13.2 Å². The van der Waals surface area contributed by atoms with Gasteiger partial charge >= 0.3 is 0 Å². The van der Waals surface area contributed by atoms with Crippen molar-refractivity contribution < 1.29 is 22.5 Å². The zero-order valence-electron chi connectivity index (χ0n) is 14.3.